The van der Waals surface area contributed by atoms with Crippen LogP contribution in [0.2, 0.25) is 0 Å². The minimum Gasteiger partial charge on any atom is -0.489 e. The molecule has 2 rings (SSSR count). The predicted molar refractivity (Wildman–Crippen MR) is 95.1 cm³/mol. The fourth-order valence-corrected chi connectivity index (χ4v) is 2.23. The van der Waals surface area contributed by atoms with Crippen molar-refractivity contribution in [2.24, 2.45) is 4.99 Å². The number of aromatic nitrogens is 1. The van der Waals surface area contributed by atoms with Crippen molar-refractivity contribution in [2.45, 2.75) is 26.5 Å². The van der Waals surface area contributed by atoms with Gasteiger partial charge in [0.25, 0.3) is 0 Å². The summed E-state index contributed by atoms with van der Waals surface area (Å²) in [4.78, 5) is 4.23. The fraction of sp³-hybridized carbons (Fsp3) is 0.389. The summed E-state index contributed by atoms with van der Waals surface area (Å²) >= 11 is 0. The number of para-hydroxylation sites is 1. The van der Waals surface area contributed by atoms with Gasteiger partial charge in [-0.25, -0.2) is 0 Å². The van der Waals surface area contributed by atoms with Crippen LogP contribution in [-0.2, 0) is 6.54 Å². The average molecular weight is 314 g/mol. The van der Waals surface area contributed by atoms with E-state index in [4.69, 9.17) is 4.74 Å². The first-order valence-corrected chi connectivity index (χ1v) is 7.96. The monoisotopic (exact) mass is 314 g/mol. The molecule has 0 bridgehead atoms. The minimum atomic E-state index is 0.0547. The second kappa shape index (κ2) is 8.88. The van der Waals surface area contributed by atoms with E-state index >= 15 is 0 Å². The Morgan fingerprint density at radius 3 is 2.61 bits per heavy atom. The topological polar surface area (TPSA) is 50.6 Å². The fourth-order valence-electron chi connectivity index (χ4n) is 2.23. The summed E-state index contributed by atoms with van der Waals surface area (Å²) in [5, 5.41) is 6.59. The Kier molecular flexibility index (Phi) is 6.54. The Morgan fingerprint density at radius 1 is 1.17 bits per heavy atom. The quantitative estimate of drug-likeness (QED) is 0.609. The Bertz CT molecular complexity index is 607. The van der Waals surface area contributed by atoms with E-state index in [-0.39, 0.29) is 6.10 Å². The molecular formula is C18H26N4O. The zero-order valence-corrected chi connectivity index (χ0v) is 14.1. The molecule has 0 aliphatic heterocycles. The van der Waals surface area contributed by atoms with Gasteiger partial charge in [0.15, 0.2) is 5.96 Å². The van der Waals surface area contributed by atoms with E-state index < -0.39 is 0 Å². The van der Waals surface area contributed by atoms with Crippen LogP contribution in [0.3, 0.4) is 0 Å². The number of hydrogen-bond acceptors (Lipinski definition) is 2. The third-order valence-electron chi connectivity index (χ3n) is 3.53. The number of nitrogens with zero attached hydrogens (tertiary/aromatic N) is 2. The number of aliphatic imine (C=N–C) groups is 1. The van der Waals surface area contributed by atoms with Crippen molar-refractivity contribution in [3.63, 3.8) is 0 Å². The summed E-state index contributed by atoms with van der Waals surface area (Å²) < 4.78 is 8.08. The smallest absolute Gasteiger partial charge is 0.191 e. The van der Waals surface area contributed by atoms with Crippen molar-refractivity contribution in [1.29, 1.82) is 0 Å². The van der Waals surface area contributed by atoms with Gasteiger partial charge in [0, 0.05) is 32.5 Å². The lowest BCUT2D eigenvalue weighted by Crippen LogP contribution is -2.42. The molecule has 1 heterocycles. The lowest BCUT2D eigenvalue weighted by molar-refractivity contribution is 0.222. The Hall–Kier alpha value is -2.43. The maximum absolute atomic E-state index is 5.95. The third kappa shape index (κ3) is 5.70. The summed E-state index contributed by atoms with van der Waals surface area (Å²) in [5.41, 5.74) is 1.15. The SMILES string of the molecule is CN=C(NCCn1cccc1)NCC(C)Oc1ccccc1C. The Labute approximate surface area is 138 Å². The van der Waals surface area contributed by atoms with Gasteiger partial charge >= 0.3 is 0 Å². The van der Waals surface area contributed by atoms with E-state index in [2.05, 4.69) is 45.6 Å². The maximum Gasteiger partial charge on any atom is 0.191 e. The molecule has 124 valence electrons. The van der Waals surface area contributed by atoms with Crippen LogP contribution in [0.4, 0.5) is 0 Å². The van der Waals surface area contributed by atoms with Gasteiger partial charge in [-0.05, 0) is 37.6 Å². The molecular weight excluding hydrogens is 288 g/mol. The highest BCUT2D eigenvalue weighted by atomic mass is 16.5. The average Bonchev–Trinajstić information content (AvgIpc) is 3.06. The molecule has 0 aliphatic rings. The number of benzene rings is 1. The summed E-state index contributed by atoms with van der Waals surface area (Å²) in [6.07, 6.45) is 4.16. The van der Waals surface area contributed by atoms with Gasteiger partial charge < -0.3 is 19.9 Å². The van der Waals surface area contributed by atoms with Gasteiger partial charge in [0.2, 0.25) is 0 Å². The molecule has 1 aromatic heterocycles. The van der Waals surface area contributed by atoms with Crippen molar-refractivity contribution in [2.75, 3.05) is 20.1 Å². The molecule has 2 N–H and O–H groups in total. The molecule has 0 radical (unpaired) electrons. The minimum absolute atomic E-state index is 0.0547. The first kappa shape index (κ1) is 16.9. The van der Waals surface area contributed by atoms with Crippen LogP contribution in [-0.4, -0.2) is 36.8 Å². The highest BCUT2D eigenvalue weighted by molar-refractivity contribution is 5.79. The van der Waals surface area contributed by atoms with Crippen molar-refractivity contribution in [1.82, 2.24) is 15.2 Å². The van der Waals surface area contributed by atoms with Crippen molar-refractivity contribution in [3.8, 4) is 5.75 Å². The molecule has 0 spiro atoms. The lowest BCUT2D eigenvalue weighted by atomic mass is 10.2. The highest BCUT2D eigenvalue weighted by Gasteiger charge is 2.07. The number of rotatable bonds is 7. The molecule has 5 nitrogen and oxygen atoms in total. The molecule has 0 saturated heterocycles. The van der Waals surface area contributed by atoms with Crippen molar-refractivity contribution < 1.29 is 4.74 Å². The molecule has 0 aliphatic carbocycles. The van der Waals surface area contributed by atoms with E-state index in [9.17, 15) is 0 Å². The van der Waals surface area contributed by atoms with E-state index in [0.717, 1.165) is 30.4 Å². The number of guanidine groups is 1. The van der Waals surface area contributed by atoms with Crippen LogP contribution < -0.4 is 15.4 Å². The van der Waals surface area contributed by atoms with Crippen molar-refractivity contribution >= 4 is 5.96 Å². The predicted octanol–water partition coefficient (Wildman–Crippen LogP) is 2.43. The van der Waals surface area contributed by atoms with Gasteiger partial charge in [-0.1, -0.05) is 18.2 Å². The standard InChI is InChI=1S/C18H26N4O/c1-15-8-4-5-9-17(15)23-16(2)14-21-18(19-3)20-10-13-22-11-6-7-12-22/h4-9,11-12,16H,10,13-14H2,1-3H3,(H2,19,20,21). The van der Waals surface area contributed by atoms with Crippen LogP contribution in [0.5, 0.6) is 5.75 Å². The highest BCUT2D eigenvalue weighted by Crippen LogP contribution is 2.17. The van der Waals surface area contributed by atoms with Crippen LogP contribution in [0.1, 0.15) is 12.5 Å². The molecule has 2 aromatic rings. The van der Waals surface area contributed by atoms with Crippen molar-refractivity contribution in [3.05, 3.63) is 54.4 Å². The normalized spacial score (nSPS) is 12.7. The number of aryl methyl sites for hydroxylation is 1. The molecule has 1 unspecified atom stereocenters. The van der Waals surface area contributed by atoms with Crippen LogP contribution in [0.15, 0.2) is 53.8 Å². The van der Waals surface area contributed by atoms with Crippen LogP contribution in [0.25, 0.3) is 0 Å². The molecule has 0 saturated carbocycles. The Morgan fingerprint density at radius 2 is 1.91 bits per heavy atom. The Balaban J connectivity index is 1.71. The number of hydrogen-bond donors (Lipinski definition) is 2. The molecule has 23 heavy (non-hydrogen) atoms. The van der Waals surface area contributed by atoms with E-state index in [1.807, 2.05) is 37.3 Å². The molecule has 0 fully saturated rings. The second-order valence-electron chi connectivity index (χ2n) is 5.49. The molecule has 1 atom stereocenters. The van der Waals surface area contributed by atoms with E-state index in [0.29, 0.717) is 6.54 Å². The first-order chi connectivity index (χ1) is 11.2. The summed E-state index contributed by atoms with van der Waals surface area (Å²) in [6.45, 7) is 6.52. The van der Waals surface area contributed by atoms with Gasteiger partial charge in [-0.3, -0.25) is 4.99 Å². The van der Waals surface area contributed by atoms with Gasteiger partial charge in [-0.2, -0.15) is 0 Å². The van der Waals surface area contributed by atoms with Gasteiger partial charge in [0.05, 0.1) is 6.54 Å². The maximum atomic E-state index is 5.95. The largest absolute Gasteiger partial charge is 0.489 e. The summed E-state index contributed by atoms with van der Waals surface area (Å²) in [7, 11) is 1.78. The van der Waals surface area contributed by atoms with Gasteiger partial charge in [0.1, 0.15) is 11.9 Å². The molecule has 5 heteroatoms. The molecule has 0 amide bonds. The third-order valence-corrected chi connectivity index (χ3v) is 3.53. The number of ether oxygens (including phenoxy) is 1. The lowest BCUT2D eigenvalue weighted by Gasteiger charge is -2.18. The van der Waals surface area contributed by atoms with Gasteiger partial charge in [-0.15, -0.1) is 0 Å². The first-order valence-electron chi connectivity index (χ1n) is 7.96. The zero-order chi connectivity index (χ0) is 16.5. The van der Waals surface area contributed by atoms with Crippen LogP contribution in [0, 0.1) is 6.92 Å². The van der Waals surface area contributed by atoms with E-state index in [1.165, 1.54) is 0 Å². The molecule has 1 aromatic carbocycles. The number of nitrogens with one attached hydrogen (secondary N) is 2. The van der Waals surface area contributed by atoms with E-state index in [1.54, 1.807) is 7.05 Å². The second-order valence-corrected chi connectivity index (χ2v) is 5.49. The summed E-state index contributed by atoms with van der Waals surface area (Å²) in [5.74, 6) is 1.72. The zero-order valence-electron chi connectivity index (χ0n) is 14.1. The van der Waals surface area contributed by atoms with Crippen LogP contribution >= 0.6 is 0 Å². The summed E-state index contributed by atoms with van der Waals surface area (Å²) in [6, 6.07) is 12.1.